The molecule has 32 heteroatoms. The van der Waals surface area contributed by atoms with Crippen molar-refractivity contribution in [1.29, 1.82) is 0 Å². The first-order valence-corrected chi connectivity index (χ1v) is 31.9. The number of hydrogen-bond acceptors (Lipinski definition) is 17. The Morgan fingerprint density at radius 3 is 1.28 bits per heavy atom. The topological polar surface area (TPSA) is 521 Å². The minimum atomic E-state index is -1.82. The lowest BCUT2D eigenvalue weighted by Gasteiger charge is -2.42. The van der Waals surface area contributed by atoms with Gasteiger partial charge in [-0.25, -0.2) is 0 Å². The molecule has 526 valence electrons. The lowest BCUT2D eigenvalue weighted by atomic mass is 9.75. The van der Waals surface area contributed by atoms with Crippen LogP contribution < -0.4 is 70.0 Å². The van der Waals surface area contributed by atoms with Gasteiger partial charge in [0.05, 0.1) is 12.5 Å². The molecule has 1 aromatic carbocycles. The van der Waals surface area contributed by atoms with E-state index in [4.69, 9.17) is 11.5 Å². The second-order valence-electron chi connectivity index (χ2n) is 24.5. The van der Waals surface area contributed by atoms with Crippen LogP contribution in [0.4, 0.5) is 0 Å². The van der Waals surface area contributed by atoms with Crippen molar-refractivity contribution in [1.82, 2.24) is 58.5 Å². The van der Waals surface area contributed by atoms with E-state index >= 15 is 0 Å². The quantitative estimate of drug-likeness (QED) is 0.0346. The Bertz CT molecular complexity index is 2770. The summed E-state index contributed by atoms with van der Waals surface area (Å²) in [6.45, 7) is 12.4. The Hall–Kier alpha value is -8.81. The summed E-state index contributed by atoms with van der Waals surface area (Å²) in [5.74, 6) is -16.1. The molecule has 0 saturated heterocycles. The minimum Gasteiger partial charge on any atom is -0.481 e. The highest BCUT2D eigenvalue weighted by atomic mass is 16.4. The molecule has 19 N–H and O–H groups in total. The SMILES string of the molecule is CCCC[C@H](NC(=O)[C@H](CCC(N)=O)NC(=O)[C@H](CCCCN)NC(=O)C1(NC(=O)[C@H](CC(C)C)NC(=O)[C@H](CC(=O)O)NCc2ccccc2)CCC1)C(=O)N[C@@H](CCC(=O)O)C(=O)N[C@@H](CCC(=O)O)C(=O)N[C@@H](CCC(=O)O)C(=O)N[C@@H](C)C(=O)N[C@H](C)C(C)C. The summed E-state index contributed by atoms with van der Waals surface area (Å²) < 4.78 is 0. The van der Waals surface area contributed by atoms with Crippen LogP contribution in [0, 0.1) is 11.8 Å². The second kappa shape index (κ2) is 41.7. The third kappa shape index (κ3) is 30.3. The van der Waals surface area contributed by atoms with E-state index in [2.05, 4.69) is 58.5 Å². The van der Waals surface area contributed by atoms with Gasteiger partial charge in [-0.3, -0.25) is 71.9 Å². The van der Waals surface area contributed by atoms with Gasteiger partial charge in [0, 0.05) is 38.3 Å². The molecule has 1 aromatic rings. The third-order valence-electron chi connectivity index (χ3n) is 15.8. The maximum absolute atomic E-state index is 14.4. The molecule has 2 rings (SSSR count). The van der Waals surface area contributed by atoms with Crippen molar-refractivity contribution in [3.8, 4) is 0 Å². The number of nitrogens with two attached hydrogens (primary N) is 2. The first kappa shape index (κ1) is 81.3. The van der Waals surface area contributed by atoms with Crippen molar-refractivity contribution < 1.29 is 92.3 Å². The molecule has 0 aliphatic heterocycles. The van der Waals surface area contributed by atoms with Gasteiger partial charge in [0.25, 0.3) is 0 Å². The van der Waals surface area contributed by atoms with Crippen LogP contribution in [0.3, 0.4) is 0 Å². The Kier molecular flexibility index (Phi) is 36.1. The van der Waals surface area contributed by atoms with Crippen molar-refractivity contribution >= 4 is 88.9 Å². The fraction of sp³-hybridized carbons (Fsp3) is 0.661. The zero-order chi connectivity index (χ0) is 70.8. The van der Waals surface area contributed by atoms with Gasteiger partial charge in [0.15, 0.2) is 0 Å². The van der Waals surface area contributed by atoms with E-state index < -0.39 is 207 Å². The molecular formula is C62H99N13O19. The highest BCUT2D eigenvalue weighted by Crippen LogP contribution is 2.33. The first-order valence-electron chi connectivity index (χ1n) is 31.9. The van der Waals surface area contributed by atoms with Crippen LogP contribution in [0.1, 0.15) is 176 Å². The van der Waals surface area contributed by atoms with Gasteiger partial charge in [-0.15, -0.1) is 0 Å². The van der Waals surface area contributed by atoms with Gasteiger partial charge in [0.2, 0.25) is 65.0 Å². The molecule has 0 radical (unpaired) electrons. The van der Waals surface area contributed by atoms with Crippen LogP contribution in [0.15, 0.2) is 30.3 Å². The van der Waals surface area contributed by atoms with Crippen molar-refractivity contribution in [3.05, 3.63) is 35.9 Å². The monoisotopic (exact) mass is 1330 g/mol. The largest absolute Gasteiger partial charge is 0.481 e. The number of carboxylic acids is 4. The molecule has 11 amide bonds. The Morgan fingerprint density at radius 2 is 0.883 bits per heavy atom. The first-order chi connectivity index (χ1) is 44.2. The standard InChI is InChI=1S/C62H99N13O19/c1-8-9-18-39(54(87)71-43(22-26-49(79)80)58(91)72-44(23-27-50(81)82)57(90)70-42(21-25-48(77)78)53(86)67-37(7)52(85)66-36(6)35(4)5)68-56(89)41(20-24-47(64)76)69-55(88)40(19-13-14-30-63)74-61(94)62(28-15-29-62)75-60(93)46(31-34(2)3)73-59(92)45(32-51(83)84)65-33-38-16-11-10-12-17-38/h10-12,16-17,34-37,39-46,65H,8-9,13-15,18-33,63H2,1-7H3,(H2,64,76)(H,66,85)(H,67,86)(H,68,89)(H,69,88)(H,70,90)(H,71,87)(H,72,91)(H,73,92)(H,74,94)(H,75,93)(H,77,78)(H,79,80)(H,81,82)(H,83,84)/t36-,37+,39+,40+,41+,42+,43+,44+,45+,46+/m1/s1. The zero-order valence-electron chi connectivity index (χ0n) is 54.7. The molecule has 1 aliphatic carbocycles. The summed E-state index contributed by atoms with van der Waals surface area (Å²) in [5, 5.41) is 66.6. The predicted octanol–water partition coefficient (Wildman–Crippen LogP) is -1.06. The number of carbonyl (C=O) groups excluding carboxylic acids is 11. The summed E-state index contributed by atoms with van der Waals surface area (Å²) in [7, 11) is 0. The number of primary amides is 1. The van der Waals surface area contributed by atoms with E-state index in [1.54, 1.807) is 58.0 Å². The lowest BCUT2D eigenvalue weighted by molar-refractivity contribution is -0.142. The average Bonchev–Trinajstić information content (AvgIpc) is 0.785. The van der Waals surface area contributed by atoms with Gasteiger partial charge in [-0.1, -0.05) is 77.8 Å². The summed E-state index contributed by atoms with van der Waals surface area (Å²) in [6.07, 6.45) is -3.76. The van der Waals surface area contributed by atoms with Crippen molar-refractivity contribution in [2.75, 3.05) is 6.54 Å². The van der Waals surface area contributed by atoms with Gasteiger partial charge in [-0.05, 0) is 115 Å². The van der Waals surface area contributed by atoms with E-state index in [0.717, 1.165) is 5.56 Å². The summed E-state index contributed by atoms with van der Waals surface area (Å²) in [6, 6.07) is -5.03. The number of unbranched alkanes of at least 4 members (excludes halogenated alkanes) is 2. The molecular weight excluding hydrogens is 1230 g/mol. The van der Waals surface area contributed by atoms with E-state index in [0.29, 0.717) is 19.3 Å². The van der Waals surface area contributed by atoms with E-state index in [1.807, 2.05) is 13.8 Å². The van der Waals surface area contributed by atoms with Crippen LogP contribution in [0.25, 0.3) is 0 Å². The van der Waals surface area contributed by atoms with Crippen LogP contribution in [-0.2, 0) is 78.5 Å². The molecule has 32 nitrogen and oxygen atoms in total. The normalized spacial score (nSPS) is 15.6. The number of nitrogens with one attached hydrogen (secondary N) is 11. The maximum Gasteiger partial charge on any atom is 0.305 e. The molecule has 0 spiro atoms. The number of carbonyl (C=O) groups is 15. The Labute approximate surface area is 546 Å². The maximum atomic E-state index is 14.4. The van der Waals surface area contributed by atoms with Gasteiger partial charge < -0.3 is 90.4 Å². The highest BCUT2D eigenvalue weighted by molar-refractivity contribution is 6.00. The molecule has 1 fully saturated rings. The number of benzene rings is 1. The Balaban J connectivity index is 2.47. The fourth-order valence-corrected chi connectivity index (χ4v) is 9.66. The molecule has 94 heavy (non-hydrogen) atoms. The van der Waals surface area contributed by atoms with E-state index in [9.17, 15) is 92.3 Å². The van der Waals surface area contributed by atoms with Crippen molar-refractivity contribution in [3.63, 3.8) is 0 Å². The molecule has 0 aromatic heterocycles. The lowest BCUT2D eigenvalue weighted by Crippen LogP contribution is -2.67. The predicted molar refractivity (Wildman–Crippen MR) is 339 cm³/mol. The smallest absolute Gasteiger partial charge is 0.305 e. The third-order valence-corrected chi connectivity index (χ3v) is 15.8. The van der Waals surface area contributed by atoms with Crippen molar-refractivity contribution in [2.24, 2.45) is 23.3 Å². The van der Waals surface area contributed by atoms with Gasteiger partial charge in [-0.2, -0.15) is 0 Å². The minimum absolute atomic E-state index is 0.0128. The highest BCUT2D eigenvalue weighted by Gasteiger charge is 2.48. The zero-order valence-corrected chi connectivity index (χ0v) is 54.7. The number of rotatable bonds is 47. The van der Waals surface area contributed by atoms with Crippen LogP contribution in [0.2, 0.25) is 0 Å². The second-order valence-corrected chi connectivity index (χ2v) is 24.5. The molecule has 10 atom stereocenters. The number of carboxylic acid groups (broad SMARTS) is 4. The summed E-state index contributed by atoms with van der Waals surface area (Å²) in [4.78, 5) is 199. The molecule has 0 bridgehead atoms. The summed E-state index contributed by atoms with van der Waals surface area (Å²) in [5.41, 5.74) is 10.4. The average molecular weight is 1330 g/mol. The van der Waals surface area contributed by atoms with Crippen LogP contribution >= 0.6 is 0 Å². The number of amides is 11. The van der Waals surface area contributed by atoms with E-state index in [1.165, 1.54) is 6.92 Å². The van der Waals surface area contributed by atoms with Gasteiger partial charge in [0.1, 0.15) is 53.9 Å². The molecule has 1 saturated carbocycles. The number of hydrogen-bond donors (Lipinski definition) is 17. The van der Waals surface area contributed by atoms with Crippen LogP contribution in [0.5, 0.6) is 0 Å². The number of aliphatic carboxylic acids is 4. The molecule has 1 aliphatic rings. The Morgan fingerprint density at radius 1 is 0.468 bits per heavy atom. The van der Waals surface area contributed by atoms with Crippen LogP contribution in [-0.4, -0.2) is 182 Å². The van der Waals surface area contributed by atoms with Gasteiger partial charge >= 0.3 is 23.9 Å². The van der Waals surface area contributed by atoms with E-state index in [-0.39, 0.29) is 75.9 Å². The van der Waals surface area contributed by atoms with Crippen molar-refractivity contribution in [2.45, 2.75) is 243 Å². The fourth-order valence-electron chi connectivity index (χ4n) is 9.66. The summed E-state index contributed by atoms with van der Waals surface area (Å²) >= 11 is 0. The molecule has 0 heterocycles. The molecule has 0 unspecified atom stereocenters.